The largest absolute Gasteiger partial charge is 0.465 e. The molecule has 0 spiro atoms. The number of carbonyl (C=O) groups is 2. The topological polar surface area (TPSA) is 67.4 Å². The Hall–Kier alpha value is -1.88. The fraction of sp³-hybridized carbons (Fsp3) is 0.467. The van der Waals surface area contributed by atoms with Crippen molar-refractivity contribution in [1.29, 1.82) is 0 Å². The maximum absolute atomic E-state index is 12.0. The summed E-state index contributed by atoms with van der Waals surface area (Å²) in [5, 5.41) is 6.12. The molecule has 1 aliphatic heterocycles. The molecule has 2 unspecified atom stereocenters. The number of amides is 1. The maximum atomic E-state index is 12.0. The Bertz CT molecular complexity index is 484. The quantitative estimate of drug-likeness (QED) is 0.808. The van der Waals surface area contributed by atoms with Gasteiger partial charge in [0.1, 0.15) is 0 Å². The second kappa shape index (κ2) is 6.52. The van der Waals surface area contributed by atoms with Gasteiger partial charge in [0, 0.05) is 6.54 Å². The molecule has 5 nitrogen and oxygen atoms in total. The molecule has 0 radical (unpaired) electrons. The molecule has 20 heavy (non-hydrogen) atoms. The number of ether oxygens (including phenoxy) is 1. The Morgan fingerprint density at radius 3 is 2.60 bits per heavy atom. The minimum absolute atomic E-state index is 0.0343. The summed E-state index contributed by atoms with van der Waals surface area (Å²) in [5.41, 5.74) is 1.46. The van der Waals surface area contributed by atoms with E-state index in [-0.39, 0.29) is 17.9 Å². The van der Waals surface area contributed by atoms with Gasteiger partial charge in [0.15, 0.2) is 0 Å². The molecule has 5 heteroatoms. The Morgan fingerprint density at radius 1 is 1.35 bits per heavy atom. The Morgan fingerprint density at radius 2 is 2.05 bits per heavy atom. The lowest BCUT2D eigenvalue weighted by Gasteiger charge is -2.15. The lowest BCUT2D eigenvalue weighted by molar-refractivity contribution is -0.123. The van der Waals surface area contributed by atoms with Gasteiger partial charge in [-0.2, -0.15) is 0 Å². The average molecular weight is 276 g/mol. The first-order valence-corrected chi connectivity index (χ1v) is 6.80. The molecule has 0 saturated carbocycles. The van der Waals surface area contributed by atoms with Crippen molar-refractivity contribution in [3.63, 3.8) is 0 Å². The van der Waals surface area contributed by atoms with Gasteiger partial charge in [-0.3, -0.25) is 4.79 Å². The van der Waals surface area contributed by atoms with Crippen molar-refractivity contribution >= 4 is 11.9 Å². The van der Waals surface area contributed by atoms with Crippen LogP contribution >= 0.6 is 0 Å². The molecule has 2 rings (SSSR count). The second-order valence-corrected chi connectivity index (χ2v) is 5.10. The van der Waals surface area contributed by atoms with Crippen molar-refractivity contribution in [3.8, 4) is 0 Å². The SMILES string of the molecule is COC(=O)c1ccc(CNC(=O)C2NCCC2C)cc1. The van der Waals surface area contributed by atoms with Gasteiger partial charge in [0.25, 0.3) is 0 Å². The van der Waals surface area contributed by atoms with Gasteiger partial charge >= 0.3 is 5.97 Å². The molecule has 0 aromatic heterocycles. The number of hydrogen-bond acceptors (Lipinski definition) is 4. The van der Waals surface area contributed by atoms with Gasteiger partial charge in [-0.25, -0.2) is 4.79 Å². The predicted octanol–water partition coefficient (Wildman–Crippen LogP) is 1.09. The van der Waals surface area contributed by atoms with E-state index in [1.165, 1.54) is 7.11 Å². The summed E-state index contributed by atoms with van der Waals surface area (Å²) in [6.45, 7) is 3.44. The number of nitrogens with one attached hydrogen (secondary N) is 2. The van der Waals surface area contributed by atoms with Gasteiger partial charge in [-0.15, -0.1) is 0 Å². The van der Waals surface area contributed by atoms with Crippen LogP contribution in [0.4, 0.5) is 0 Å². The minimum Gasteiger partial charge on any atom is -0.465 e. The van der Waals surface area contributed by atoms with Crippen LogP contribution in [0.5, 0.6) is 0 Å². The first-order chi connectivity index (χ1) is 9.61. The number of esters is 1. The molecule has 1 aromatic rings. The third-order valence-electron chi connectivity index (χ3n) is 3.66. The summed E-state index contributed by atoms with van der Waals surface area (Å²) in [6.07, 6.45) is 1.03. The van der Waals surface area contributed by atoms with E-state index in [4.69, 9.17) is 0 Å². The van der Waals surface area contributed by atoms with Crippen LogP contribution in [-0.4, -0.2) is 31.6 Å². The van der Waals surface area contributed by atoms with E-state index in [0.717, 1.165) is 18.5 Å². The third-order valence-corrected chi connectivity index (χ3v) is 3.66. The fourth-order valence-corrected chi connectivity index (χ4v) is 2.36. The number of benzene rings is 1. The van der Waals surface area contributed by atoms with E-state index in [0.29, 0.717) is 18.0 Å². The van der Waals surface area contributed by atoms with Crippen molar-refractivity contribution in [2.45, 2.75) is 25.9 Å². The highest BCUT2D eigenvalue weighted by atomic mass is 16.5. The number of rotatable bonds is 4. The van der Waals surface area contributed by atoms with E-state index in [9.17, 15) is 9.59 Å². The van der Waals surface area contributed by atoms with E-state index >= 15 is 0 Å². The van der Waals surface area contributed by atoms with Crippen molar-refractivity contribution in [2.24, 2.45) is 5.92 Å². The molecular weight excluding hydrogens is 256 g/mol. The zero-order valence-electron chi connectivity index (χ0n) is 11.8. The van der Waals surface area contributed by atoms with Crippen molar-refractivity contribution in [1.82, 2.24) is 10.6 Å². The van der Waals surface area contributed by atoms with E-state index < -0.39 is 0 Å². The normalized spacial score (nSPS) is 21.5. The minimum atomic E-state index is -0.357. The van der Waals surface area contributed by atoms with Gasteiger partial charge in [-0.05, 0) is 36.6 Å². The summed E-state index contributed by atoms with van der Waals surface area (Å²) in [7, 11) is 1.35. The molecular formula is C15H20N2O3. The summed E-state index contributed by atoms with van der Waals surface area (Å²) in [5.74, 6) is 0.0494. The van der Waals surface area contributed by atoms with Crippen molar-refractivity contribution in [2.75, 3.05) is 13.7 Å². The third kappa shape index (κ3) is 3.36. The summed E-state index contributed by atoms with van der Waals surface area (Å²) >= 11 is 0. The Labute approximate surface area is 118 Å². The van der Waals surface area contributed by atoms with Crippen LogP contribution in [0.3, 0.4) is 0 Å². The van der Waals surface area contributed by atoms with Gasteiger partial charge in [0.2, 0.25) is 5.91 Å². The molecule has 1 saturated heterocycles. The Balaban J connectivity index is 1.87. The first kappa shape index (κ1) is 14.5. The molecule has 0 bridgehead atoms. The van der Waals surface area contributed by atoms with Gasteiger partial charge in [-0.1, -0.05) is 19.1 Å². The van der Waals surface area contributed by atoms with Crippen molar-refractivity contribution in [3.05, 3.63) is 35.4 Å². The molecule has 2 N–H and O–H groups in total. The van der Waals surface area contributed by atoms with E-state index in [2.05, 4.69) is 22.3 Å². The van der Waals surface area contributed by atoms with Crippen LogP contribution in [0.1, 0.15) is 29.3 Å². The summed E-state index contributed by atoms with van der Waals surface area (Å²) in [4.78, 5) is 23.3. The number of carbonyl (C=O) groups excluding carboxylic acids is 2. The number of methoxy groups -OCH3 is 1. The van der Waals surface area contributed by atoms with Crippen LogP contribution in [0.15, 0.2) is 24.3 Å². The summed E-state index contributed by atoms with van der Waals surface area (Å²) in [6, 6.07) is 6.94. The molecule has 1 aromatic carbocycles. The molecule has 108 valence electrons. The number of hydrogen-bond donors (Lipinski definition) is 2. The standard InChI is InChI=1S/C15H20N2O3/c1-10-7-8-16-13(10)14(18)17-9-11-3-5-12(6-4-11)15(19)20-2/h3-6,10,13,16H,7-9H2,1-2H3,(H,17,18). The van der Waals surface area contributed by atoms with E-state index in [1.807, 2.05) is 12.1 Å². The zero-order chi connectivity index (χ0) is 14.5. The average Bonchev–Trinajstić information content (AvgIpc) is 2.90. The lowest BCUT2D eigenvalue weighted by atomic mass is 10.0. The first-order valence-electron chi connectivity index (χ1n) is 6.80. The molecule has 1 fully saturated rings. The van der Waals surface area contributed by atoms with Gasteiger partial charge < -0.3 is 15.4 Å². The smallest absolute Gasteiger partial charge is 0.337 e. The summed E-state index contributed by atoms with van der Waals surface area (Å²) < 4.78 is 4.64. The van der Waals surface area contributed by atoms with Crippen LogP contribution in [0, 0.1) is 5.92 Å². The monoisotopic (exact) mass is 276 g/mol. The molecule has 2 atom stereocenters. The van der Waals surface area contributed by atoms with Crippen LogP contribution < -0.4 is 10.6 Å². The Kier molecular flexibility index (Phi) is 4.74. The maximum Gasteiger partial charge on any atom is 0.337 e. The molecule has 1 amide bonds. The van der Waals surface area contributed by atoms with Crippen LogP contribution in [-0.2, 0) is 16.1 Å². The highest BCUT2D eigenvalue weighted by Gasteiger charge is 2.28. The highest BCUT2D eigenvalue weighted by molar-refractivity contribution is 5.89. The van der Waals surface area contributed by atoms with Crippen LogP contribution in [0.25, 0.3) is 0 Å². The highest BCUT2D eigenvalue weighted by Crippen LogP contribution is 2.14. The molecule has 1 aliphatic rings. The van der Waals surface area contributed by atoms with E-state index in [1.54, 1.807) is 12.1 Å². The molecule has 1 heterocycles. The predicted molar refractivity (Wildman–Crippen MR) is 75.2 cm³/mol. The fourth-order valence-electron chi connectivity index (χ4n) is 2.36. The van der Waals surface area contributed by atoms with Crippen molar-refractivity contribution < 1.29 is 14.3 Å². The van der Waals surface area contributed by atoms with Crippen LogP contribution in [0.2, 0.25) is 0 Å². The second-order valence-electron chi connectivity index (χ2n) is 5.10. The van der Waals surface area contributed by atoms with Gasteiger partial charge in [0.05, 0.1) is 18.7 Å². The molecule has 0 aliphatic carbocycles. The lowest BCUT2D eigenvalue weighted by Crippen LogP contribution is -2.42. The zero-order valence-corrected chi connectivity index (χ0v) is 11.8.